The van der Waals surface area contributed by atoms with Crippen molar-refractivity contribution in [3.05, 3.63) is 118 Å². The van der Waals surface area contributed by atoms with Gasteiger partial charge in [-0.1, -0.05) is 97.1 Å². The fourth-order valence-electron chi connectivity index (χ4n) is 6.16. The number of carbonyl (C=O) groups excluding carboxylic acids is 2. The molecule has 1 unspecified atom stereocenters. The minimum atomic E-state index is -4.29. The normalized spacial score (nSPS) is 14.0. The number of nitrogens with zero attached hydrogens (tertiary/aromatic N) is 2. The van der Waals surface area contributed by atoms with Gasteiger partial charge in [0.1, 0.15) is 12.6 Å². The van der Waals surface area contributed by atoms with Crippen LogP contribution in [0.5, 0.6) is 11.5 Å². The highest BCUT2D eigenvalue weighted by molar-refractivity contribution is 7.92. The van der Waals surface area contributed by atoms with Crippen LogP contribution in [-0.4, -0.2) is 58.0 Å². The molecule has 0 saturated heterocycles. The van der Waals surface area contributed by atoms with Gasteiger partial charge in [-0.2, -0.15) is 0 Å². The van der Waals surface area contributed by atoms with Crippen molar-refractivity contribution < 1.29 is 27.5 Å². The molecule has 1 saturated carbocycles. The van der Waals surface area contributed by atoms with Gasteiger partial charge in [0.25, 0.3) is 10.0 Å². The van der Waals surface area contributed by atoms with Crippen LogP contribution in [0.1, 0.15) is 43.2 Å². The maximum atomic E-state index is 14.8. The van der Waals surface area contributed by atoms with Crippen molar-refractivity contribution in [2.45, 2.75) is 62.0 Å². The summed E-state index contributed by atoms with van der Waals surface area (Å²) in [5.74, 6) is -0.224. The van der Waals surface area contributed by atoms with E-state index in [4.69, 9.17) is 32.7 Å². The Morgan fingerprint density at radius 1 is 0.800 bits per heavy atom. The molecule has 4 aromatic carbocycles. The SMILES string of the molecule is COc1ccc(N(CC(=O)N(Cc2ccc(Cl)c(Cl)c2)C(Cc2ccccc2)C(=O)NC2CCCCC2)S(=O)(=O)c2ccccc2)cc1OC. The van der Waals surface area contributed by atoms with Crippen molar-refractivity contribution in [3.63, 3.8) is 0 Å². The number of sulfonamides is 1. The molecule has 12 heteroatoms. The van der Waals surface area contributed by atoms with Gasteiger partial charge in [-0.3, -0.25) is 13.9 Å². The van der Waals surface area contributed by atoms with Gasteiger partial charge in [0.05, 0.1) is 34.8 Å². The molecule has 2 amide bonds. The van der Waals surface area contributed by atoms with Gasteiger partial charge < -0.3 is 19.7 Å². The Balaban J connectivity index is 1.60. The lowest BCUT2D eigenvalue weighted by Crippen LogP contribution is -2.55. The third kappa shape index (κ3) is 9.10. The summed E-state index contributed by atoms with van der Waals surface area (Å²) < 4.78 is 40.5. The highest BCUT2D eigenvalue weighted by Gasteiger charge is 2.36. The van der Waals surface area contributed by atoms with Crippen molar-refractivity contribution in [1.82, 2.24) is 10.2 Å². The highest BCUT2D eigenvalue weighted by atomic mass is 35.5. The van der Waals surface area contributed by atoms with Crippen LogP contribution < -0.4 is 19.1 Å². The first-order valence-electron chi connectivity index (χ1n) is 16.5. The van der Waals surface area contributed by atoms with E-state index < -0.39 is 28.5 Å². The van der Waals surface area contributed by atoms with Crippen molar-refractivity contribution in [3.8, 4) is 11.5 Å². The molecule has 0 spiro atoms. The molecule has 1 aliphatic carbocycles. The van der Waals surface area contributed by atoms with Crippen molar-refractivity contribution >= 4 is 50.7 Å². The molecule has 4 aromatic rings. The van der Waals surface area contributed by atoms with E-state index in [1.165, 1.54) is 37.3 Å². The molecule has 1 atom stereocenters. The van der Waals surface area contributed by atoms with Crippen LogP contribution in [0.15, 0.2) is 102 Å². The molecular weight excluding hydrogens is 697 g/mol. The van der Waals surface area contributed by atoms with Crippen molar-refractivity contribution in [2.24, 2.45) is 0 Å². The summed E-state index contributed by atoms with van der Waals surface area (Å²) in [5.41, 5.74) is 1.65. The molecule has 1 aliphatic rings. The average Bonchev–Trinajstić information content (AvgIpc) is 3.14. The Morgan fingerprint density at radius 3 is 2.10 bits per heavy atom. The second-order valence-corrected chi connectivity index (χ2v) is 14.9. The Kier molecular flexibility index (Phi) is 12.7. The predicted molar refractivity (Wildman–Crippen MR) is 196 cm³/mol. The Morgan fingerprint density at radius 2 is 1.46 bits per heavy atom. The molecule has 0 radical (unpaired) electrons. The molecule has 1 fully saturated rings. The lowest BCUT2D eigenvalue weighted by Gasteiger charge is -2.35. The van der Waals surface area contributed by atoms with E-state index >= 15 is 0 Å². The van der Waals surface area contributed by atoms with Crippen LogP contribution in [0.3, 0.4) is 0 Å². The van der Waals surface area contributed by atoms with Crippen molar-refractivity contribution in [2.75, 3.05) is 25.1 Å². The zero-order valence-electron chi connectivity index (χ0n) is 28.1. The maximum absolute atomic E-state index is 14.8. The number of amides is 2. The number of methoxy groups -OCH3 is 2. The summed E-state index contributed by atoms with van der Waals surface area (Å²) >= 11 is 12.6. The molecule has 264 valence electrons. The minimum Gasteiger partial charge on any atom is -0.493 e. The Bertz CT molecular complexity index is 1870. The van der Waals surface area contributed by atoms with Gasteiger partial charge in [0.2, 0.25) is 11.8 Å². The molecular formula is C38H41Cl2N3O6S. The van der Waals surface area contributed by atoms with E-state index in [2.05, 4.69) is 5.32 Å². The van der Waals surface area contributed by atoms with Crippen molar-refractivity contribution in [1.29, 1.82) is 0 Å². The van der Waals surface area contributed by atoms with Gasteiger partial charge >= 0.3 is 0 Å². The van der Waals surface area contributed by atoms with Crippen LogP contribution in [0, 0.1) is 0 Å². The fraction of sp³-hybridized carbons (Fsp3) is 0.316. The first-order valence-corrected chi connectivity index (χ1v) is 18.7. The van der Waals surface area contributed by atoms with E-state index in [0.29, 0.717) is 21.4 Å². The van der Waals surface area contributed by atoms with Gasteiger partial charge in [0, 0.05) is 25.1 Å². The summed E-state index contributed by atoms with van der Waals surface area (Å²) in [4.78, 5) is 30.5. The third-order valence-electron chi connectivity index (χ3n) is 8.82. The Labute approximate surface area is 304 Å². The second-order valence-electron chi connectivity index (χ2n) is 12.2. The minimum absolute atomic E-state index is 0.00510. The molecule has 0 aromatic heterocycles. The zero-order valence-corrected chi connectivity index (χ0v) is 30.4. The lowest BCUT2D eigenvalue weighted by molar-refractivity contribution is -0.140. The van der Waals surface area contributed by atoms with E-state index in [1.54, 1.807) is 48.5 Å². The summed E-state index contributed by atoms with van der Waals surface area (Å²) in [6.45, 7) is -0.646. The molecule has 0 aliphatic heterocycles. The first-order chi connectivity index (χ1) is 24.1. The smallest absolute Gasteiger partial charge is 0.264 e. The monoisotopic (exact) mass is 737 g/mol. The van der Waals surface area contributed by atoms with Crippen LogP contribution in [0.2, 0.25) is 10.0 Å². The standard InChI is InChI=1S/C38H41Cl2N3O6S/c1-48-35-21-19-30(24-36(35)49-2)43(50(46,47)31-16-10-5-11-17-31)26-37(44)42(25-28-18-20-32(39)33(40)22-28)34(23-27-12-6-3-7-13-27)38(45)41-29-14-8-4-9-15-29/h3,5-7,10-13,16-22,24,29,34H,4,8-9,14-15,23,25-26H2,1-2H3,(H,41,45). The first kappa shape index (κ1) is 37.0. The third-order valence-corrected chi connectivity index (χ3v) is 11.4. The van der Waals surface area contributed by atoms with Gasteiger partial charge in [-0.15, -0.1) is 0 Å². The lowest BCUT2D eigenvalue weighted by atomic mass is 9.94. The molecule has 5 rings (SSSR count). The molecule has 0 bridgehead atoms. The number of ether oxygens (including phenoxy) is 2. The summed E-state index contributed by atoms with van der Waals surface area (Å²) in [6, 6.07) is 26.0. The van der Waals surface area contributed by atoms with Gasteiger partial charge in [-0.05, 0) is 60.4 Å². The number of halogens is 2. The second kappa shape index (κ2) is 17.1. The van der Waals surface area contributed by atoms with Gasteiger partial charge in [0.15, 0.2) is 11.5 Å². The van der Waals surface area contributed by atoms with E-state index in [-0.39, 0.29) is 41.2 Å². The molecule has 1 N–H and O–H groups in total. The van der Waals surface area contributed by atoms with E-state index in [9.17, 15) is 18.0 Å². The largest absolute Gasteiger partial charge is 0.493 e. The topological polar surface area (TPSA) is 105 Å². The van der Waals surface area contributed by atoms with Crippen LogP contribution >= 0.6 is 23.2 Å². The van der Waals surface area contributed by atoms with E-state index in [1.807, 2.05) is 30.3 Å². The molecule has 9 nitrogen and oxygen atoms in total. The number of hydrogen-bond donors (Lipinski definition) is 1. The van der Waals surface area contributed by atoms with Crippen LogP contribution in [0.4, 0.5) is 5.69 Å². The summed E-state index contributed by atoms with van der Waals surface area (Å²) in [5, 5.41) is 3.85. The quantitative estimate of drug-likeness (QED) is 0.146. The molecule has 0 heterocycles. The number of anilines is 1. The maximum Gasteiger partial charge on any atom is 0.264 e. The fourth-order valence-corrected chi connectivity index (χ4v) is 7.91. The number of hydrogen-bond acceptors (Lipinski definition) is 6. The predicted octanol–water partition coefficient (Wildman–Crippen LogP) is 7.29. The Hall–Kier alpha value is -4.25. The number of carbonyl (C=O) groups is 2. The zero-order chi connectivity index (χ0) is 35.7. The molecule has 50 heavy (non-hydrogen) atoms. The number of benzene rings is 4. The average molecular weight is 739 g/mol. The number of rotatable bonds is 14. The summed E-state index contributed by atoms with van der Waals surface area (Å²) in [6.07, 6.45) is 5.05. The highest BCUT2D eigenvalue weighted by Crippen LogP contribution is 2.34. The van der Waals surface area contributed by atoms with E-state index in [0.717, 1.165) is 42.0 Å². The number of nitrogens with one attached hydrogen (secondary N) is 1. The summed E-state index contributed by atoms with van der Waals surface area (Å²) in [7, 11) is -1.37. The van der Waals surface area contributed by atoms with Gasteiger partial charge in [-0.25, -0.2) is 8.42 Å². The van der Waals surface area contributed by atoms with Crippen LogP contribution in [0.25, 0.3) is 0 Å². The van der Waals surface area contributed by atoms with Crippen LogP contribution in [-0.2, 0) is 32.6 Å².